The standard InChI is InChI=1S/C28H18N4O2/c1-3-8-21-19(4-2)29-25-15-11-13-18-24-16(12-14-17(23(15)24)27(33)31(21)25)26-30-20-9-6-5-7-10-22(20)32(26)28(18)34/h3-4,6-14H,2,5H2,1H3/b8-3-. The van der Waals surface area contributed by atoms with Crippen LogP contribution >= 0.6 is 0 Å². The Balaban J connectivity index is 1.77. The molecule has 0 unspecified atom stereocenters. The SMILES string of the molecule is C=Cc1nc2c3ccc4c(=O)n5c6c(nc5c5ccc(c(=O)n2c1/C=C\C)c3c45)C=CCC=C6. The molecule has 2 aromatic carbocycles. The molecule has 0 saturated heterocycles. The number of rotatable bonds is 2. The highest BCUT2D eigenvalue weighted by atomic mass is 16.1. The summed E-state index contributed by atoms with van der Waals surface area (Å²) in [6.45, 7) is 5.78. The number of aromatic nitrogens is 4. The fourth-order valence-electron chi connectivity index (χ4n) is 5.33. The van der Waals surface area contributed by atoms with E-state index in [0.717, 1.165) is 39.4 Å². The molecule has 7 rings (SSSR count). The molecule has 1 aliphatic rings. The van der Waals surface area contributed by atoms with Crippen LogP contribution in [0.3, 0.4) is 0 Å². The van der Waals surface area contributed by atoms with E-state index in [1.165, 1.54) is 0 Å². The van der Waals surface area contributed by atoms with Gasteiger partial charge in [0.1, 0.15) is 11.3 Å². The van der Waals surface area contributed by atoms with Gasteiger partial charge in [-0.05, 0) is 61.9 Å². The van der Waals surface area contributed by atoms with Crippen LogP contribution < -0.4 is 11.1 Å². The maximum atomic E-state index is 13.7. The van der Waals surface area contributed by atoms with Crippen LogP contribution in [-0.4, -0.2) is 18.8 Å². The second kappa shape index (κ2) is 6.48. The van der Waals surface area contributed by atoms with E-state index in [1.54, 1.807) is 14.9 Å². The Morgan fingerprint density at radius 1 is 0.853 bits per heavy atom. The van der Waals surface area contributed by atoms with Crippen LogP contribution in [0.2, 0.25) is 0 Å². The van der Waals surface area contributed by atoms with Crippen LogP contribution in [0.15, 0.2) is 58.7 Å². The van der Waals surface area contributed by atoms with E-state index in [2.05, 4.69) is 6.58 Å². The van der Waals surface area contributed by atoms with E-state index < -0.39 is 0 Å². The highest BCUT2D eigenvalue weighted by Gasteiger charge is 2.23. The molecule has 0 N–H and O–H groups in total. The Hall–Kier alpha value is -4.58. The van der Waals surface area contributed by atoms with Gasteiger partial charge in [0.25, 0.3) is 11.1 Å². The molecule has 6 heteroatoms. The van der Waals surface area contributed by atoms with Gasteiger partial charge in [-0.2, -0.15) is 0 Å². The highest BCUT2D eigenvalue weighted by Crippen LogP contribution is 2.36. The van der Waals surface area contributed by atoms with E-state index in [9.17, 15) is 9.59 Å². The number of allylic oxidation sites excluding steroid dienone is 3. The van der Waals surface area contributed by atoms with E-state index in [1.807, 2.05) is 67.6 Å². The number of hydrogen-bond acceptors (Lipinski definition) is 4. The summed E-state index contributed by atoms with van der Waals surface area (Å²) in [6.07, 6.45) is 14.2. The highest BCUT2D eigenvalue weighted by molar-refractivity contribution is 6.27. The fourth-order valence-corrected chi connectivity index (χ4v) is 5.33. The molecule has 0 radical (unpaired) electrons. The molecule has 6 nitrogen and oxygen atoms in total. The smallest absolute Gasteiger partial charge is 0.264 e. The first-order valence-corrected chi connectivity index (χ1v) is 11.2. The molecule has 0 saturated carbocycles. The second-order valence-electron chi connectivity index (χ2n) is 8.51. The lowest BCUT2D eigenvalue weighted by molar-refractivity contribution is 1.12. The number of benzene rings is 2. The number of fused-ring (bicyclic) bond motifs is 6. The average molecular weight is 442 g/mol. The van der Waals surface area contributed by atoms with Gasteiger partial charge >= 0.3 is 0 Å². The van der Waals surface area contributed by atoms with Crippen molar-refractivity contribution in [1.82, 2.24) is 18.8 Å². The van der Waals surface area contributed by atoms with Gasteiger partial charge in [-0.3, -0.25) is 18.4 Å². The third-order valence-electron chi connectivity index (χ3n) is 6.73. The van der Waals surface area contributed by atoms with Gasteiger partial charge < -0.3 is 0 Å². The normalized spacial score (nSPS) is 13.9. The van der Waals surface area contributed by atoms with Crippen molar-refractivity contribution < 1.29 is 0 Å². The zero-order chi connectivity index (χ0) is 23.1. The second-order valence-corrected chi connectivity index (χ2v) is 8.51. The van der Waals surface area contributed by atoms with Crippen molar-refractivity contribution in [2.75, 3.05) is 0 Å². The maximum absolute atomic E-state index is 13.7. The Morgan fingerprint density at radius 2 is 1.47 bits per heavy atom. The average Bonchev–Trinajstić information content (AvgIpc) is 3.31. The quantitative estimate of drug-likeness (QED) is 0.348. The predicted octanol–water partition coefficient (Wildman–Crippen LogP) is 5.14. The number of hydrogen-bond donors (Lipinski definition) is 0. The first-order chi connectivity index (χ1) is 16.6. The molecule has 1 aliphatic carbocycles. The molecule has 4 heterocycles. The summed E-state index contributed by atoms with van der Waals surface area (Å²) in [7, 11) is 0. The summed E-state index contributed by atoms with van der Waals surface area (Å²) >= 11 is 0. The lowest BCUT2D eigenvalue weighted by Crippen LogP contribution is -2.17. The van der Waals surface area contributed by atoms with Crippen LogP contribution in [0.5, 0.6) is 0 Å². The summed E-state index contributed by atoms with van der Waals surface area (Å²) in [6, 6.07) is 7.49. The van der Waals surface area contributed by atoms with Crippen LogP contribution in [-0.2, 0) is 0 Å². The number of pyridine rings is 2. The Labute approximate surface area is 192 Å². The minimum Gasteiger partial charge on any atom is -0.268 e. The topological polar surface area (TPSA) is 68.7 Å². The van der Waals surface area contributed by atoms with E-state index in [0.29, 0.717) is 33.5 Å². The Kier molecular flexibility index (Phi) is 3.61. The van der Waals surface area contributed by atoms with Gasteiger partial charge in [0.05, 0.1) is 22.8 Å². The third kappa shape index (κ3) is 2.15. The van der Waals surface area contributed by atoms with Crippen molar-refractivity contribution in [3.8, 4) is 0 Å². The zero-order valence-electron chi connectivity index (χ0n) is 18.4. The molecular formula is C28H18N4O2. The van der Waals surface area contributed by atoms with Crippen LogP contribution in [0.1, 0.15) is 36.1 Å². The Morgan fingerprint density at radius 3 is 2.15 bits per heavy atom. The van der Waals surface area contributed by atoms with Crippen LogP contribution in [0.25, 0.3) is 67.9 Å². The van der Waals surface area contributed by atoms with Gasteiger partial charge in [0.2, 0.25) is 0 Å². The number of imidazole rings is 2. The summed E-state index contributed by atoms with van der Waals surface area (Å²) in [5.41, 5.74) is 3.76. The van der Waals surface area contributed by atoms with Gasteiger partial charge in [-0.15, -0.1) is 0 Å². The number of nitrogens with zero attached hydrogens (tertiary/aromatic N) is 4. The molecule has 0 atom stereocenters. The molecule has 0 amide bonds. The van der Waals surface area contributed by atoms with E-state index in [4.69, 9.17) is 9.97 Å². The first-order valence-electron chi connectivity index (χ1n) is 11.2. The largest absolute Gasteiger partial charge is 0.268 e. The van der Waals surface area contributed by atoms with Crippen LogP contribution in [0, 0.1) is 0 Å². The van der Waals surface area contributed by atoms with Gasteiger partial charge in [-0.25, -0.2) is 9.97 Å². The zero-order valence-corrected chi connectivity index (χ0v) is 18.4. The van der Waals surface area contributed by atoms with Crippen molar-refractivity contribution in [1.29, 1.82) is 0 Å². The molecule has 0 bridgehead atoms. The van der Waals surface area contributed by atoms with Crippen molar-refractivity contribution in [2.24, 2.45) is 0 Å². The minimum atomic E-state index is -0.164. The Bertz CT molecular complexity index is 1960. The fraction of sp³-hybridized carbons (Fsp3) is 0.0714. The maximum Gasteiger partial charge on any atom is 0.264 e. The summed E-state index contributed by atoms with van der Waals surface area (Å²) in [4.78, 5) is 37.0. The molecule has 6 aromatic rings. The van der Waals surface area contributed by atoms with Crippen molar-refractivity contribution >= 4 is 67.9 Å². The van der Waals surface area contributed by atoms with Gasteiger partial charge in [-0.1, -0.05) is 24.8 Å². The lowest BCUT2D eigenvalue weighted by atomic mass is 9.96. The summed E-state index contributed by atoms with van der Waals surface area (Å²) in [5, 5.41) is 4.30. The third-order valence-corrected chi connectivity index (χ3v) is 6.73. The van der Waals surface area contributed by atoms with Crippen molar-refractivity contribution in [3.05, 3.63) is 92.6 Å². The van der Waals surface area contributed by atoms with Gasteiger partial charge in [0.15, 0.2) is 0 Å². The molecule has 162 valence electrons. The predicted molar refractivity (Wildman–Crippen MR) is 139 cm³/mol. The minimum absolute atomic E-state index is 0.136. The van der Waals surface area contributed by atoms with Crippen LogP contribution in [0.4, 0.5) is 0 Å². The molecule has 0 aliphatic heterocycles. The lowest BCUT2D eigenvalue weighted by Gasteiger charge is -2.12. The van der Waals surface area contributed by atoms with Gasteiger partial charge in [0, 0.05) is 32.3 Å². The molecule has 34 heavy (non-hydrogen) atoms. The summed E-state index contributed by atoms with van der Waals surface area (Å²) in [5.74, 6) is 0. The molecule has 0 spiro atoms. The van der Waals surface area contributed by atoms with E-state index in [-0.39, 0.29) is 11.1 Å². The molecule has 0 fully saturated rings. The monoisotopic (exact) mass is 442 g/mol. The molecule has 4 aromatic heterocycles. The van der Waals surface area contributed by atoms with Crippen molar-refractivity contribution in [2.45, 2.75) is 13.3 Å². The summed E-state index contributed by atoms with van der Waals surface area (Å²) < 4.78 is 3.33. The van der Waals surface area contributed by atoms with Crippen molar-refractivity contribution in [3.63, 3.8) is 0 Å². The van der Waals surface area contributed by atoms with E-state index >= 15 is 0 Å². The molecular weight excluding hydrogens is 424 g/mol. The first kappa shape index (κ1) is 18.9.